The van der Waals surface area contributed by atoms with Crippen LogP contribution in [0.2, 0.25) is 0 Å². The Morgan fingerprint density at radius 2 is 1.89 bits per heavy atom. The molecule has 0 N–H and O–H groups in total. The smallest absolute Gasteiger partial charge is 0.0929 e. The van der Waals surface area contributed by atoms with Crippen LogP contribution in [-0.4, -0.2) is 54.1 Å². The van der Waals surface area contributed by atoms with Gasteiger partial charge in [0.15, 0.2) is 0 Å². The van der Waals surface area contributed by atoms with Crippen molar-refractivity contribution in [2.45, 2.75) is 32.1 Å². The number of hydrogen-bond donors (Lipinski definition) is 0. The number of aryl methyl sites for hydroxylation is 1. The summed E-state index contributed by atoms with van der Waals surface area (Å²) in [6.45, 7) is 9.65. The van der Waals surface area contributed by atoms with Gasteiger partial charge in [-0.05, 0) is 25.9 Å². The van der Waals surface area contributed by atoms with E-state index in [1.807, 2.05) is 0 Å². The van der Waals surface area contributed by atoms with Crippen LogP contribution >= 0.6 is 22.9 Å². The van der Waals surface area contributed by atoms with Crippen molar-refractivity contribution in [3.8, 4) is 0 Å². The number of thiazole rings is 1. The highest BCUT2D eigenvalue weighted by atomic mass is 35.5. The minimum Gasteiger partial charge on any atom is -0.301 e. The van der Waals surface area contributed by atoms with E-state index in [0.717, 1.165) is 12.1 Å². The van der Waals surface area contributed by atoms with E-state index in [-0.39, 0.29) is 0 Å². The van der Waals surface area contributed by atoms with Gasteiger partial charge in [-0.2, -0.15) is 0 Å². The van der Waals surface area contributed by atoms with Crippen molar-refractivity contribution >= 4 is 22.9 Å². The van der Waals surface area contributed by atoms with Crippen molar-refractivity contribution in [1.82, 2.24) is 14.8 Å². The number of rotatable bonds is 7. The molecule has 0 aliphatic carbocycles. The van der Waals surface area contributed by atoms with E-state index in [9.17, 15) is 0 Å². The van der Waals surface area contributed by atoms with Crippen molar-refractivity contribution in [2.24, 2.45) is 0 Å². The third-order valence-electron chi connectivity index (χ3n) is 3.61. The quantitative estimate of drug-likeness (QED) is 0.722. The lowest BCUT2D eigenvalue weighted by Gasteiger charge is -2.34. The predicted octanol–water partition coefficient (Wildman–Crippen LogP) is 2.84. The largest absolute Gasteiger partial charge is 0.301 e. The summed E-state index contributed by atoms with van der Waals surface area (Å²) in [4.78, 5) is 9.67. The highest BCUT2D eigenvalue weighted by molar-refractivity contribution is 7.09. The SMILES string of the molecule is CCCN1CCN(CCCc2nc(CCl)cs2)CC1. The second-order valence-corrected chi connectivity index (χ2v) is 6.36. The van der Waals surface area contributed by atoms with Gasteiger partial charge in [0.2, 0.25) is 0 Å². The van der Waals surface area contributed by atoms with Gasteiger partial charge in [0.25, 0.3) is 0 Å². The maximum atomic E-state index is 5.77. The molecule has 1 aliphatic heterocycles. The van der Waals surface area contributed by atoms with E-state index in [4.69, 9.17) is 11.6 Å². The number of piperazine rings is 1. The van der Waals surface area contributed by atoms with Crippen LogP contribution in [0.3, 0.4) is 0 Å². The normalized spacial score (nSPS) is 18.0. The number of aromatic nitrogens is 1. The molecule has 1 aliphatic rings. The van der Waals surface area contributed by atoms with Crippen LogP contribution in [0.4, 0.5) is 0 Å². The molecular formula is C14H24ClN3S. The molecule has 0 saturated carbocycles. The van der Waals surface area contributed by atoms with Crippen LogP contribution < -0.4 is 0 Å². The minimum absolute atomic E-state index is 0.538. The molecule has 1 aromatic heterocycles. The molecule has 2 heterocycles. The minimum atomic E-state index is 0.538. The Morgan fingerprint density at radius 3 is 2.47 bits per heavy atom. The van der Waals surface area contributed by atoms with E-state index < -0.39 is 0 Å². The van der Waals surface area contributed by atoms with E-state index in [1.165, 1.54) is 57.1 Å². The molecule has 19 heavy (non-hydrogen) atoms. The van der Waals surface area contributed by atoms with Crippen LogP contribution in [0.15, 0.2) is 5.38 Å². The van der Waals surface area contributed by atoms with Gasteiger partial charge < -0.3 is 9.80 Å². The molecule has 2 rings (SSSR count). The highest BCUT2D eigenvalue weighted by Gasteiger charge is 2.15. The van der Waals surface area contributed by atoms with Crippen LogP contribution in [0.5, 0.6) is 0 Å². The molecule has 0 bridgehead atoms. The lowest BCUT2D eigenvalue weighted by Crippen LogP contribution is -2.46. The van der Waals surface area contributed by atoms with E-state index >= 15 is 0 Å². The summed E-state index contributed by atoms with van der Waals surface area (Å²) < 4.78 is 0. The summed E-state index contributed by atoms with van der Waals surface area (Å²) in [6, 6.07) is 0. The van der Waals surface area contributed by atoms with Gasteiger partial charge in [0, 0.05) is 38.0 Å². The van der Waals surface area contributed by atoms with Crippen molar-refractivity contribution in [3.05, 3.63) is 16.1 Å². The third-order valence-corrected chi connectivity index (χ3v) is 4.84. The number of alkyl halides is 1. The van der Waals surface area contributed by atoms with Crippen LogP contribution in [-0.2, 0) is 12.3 Å². The summed E-state index contributed by atoms with van der Waals surface area (Å²) in [7, 11) is 0. The topological polar surface area (TPSA) is 19.4 Å². The summed E-state index contributed by atoms with van der Waals surface area (Å²) in [5, 5.41) is 3.31. The monoisotopic (exact) mass is 301 g/mol. The molecule has 1 aromatic rings. The summed E-state index contributed by atoms with van der Waals surface area (Å²) >= 11 is 7.51. The molecule has 0 atom stereocenters. The second kappa shape index (κ2) is 8.20. The molecular weight excluding hydrogens is 278 g/mol. The standard InChI is InChI=1S/C14H24ClN3S/c1-2-5-17-7-9-18(10-8-17)6-3-4-14-16-13(11-15)12-19-14/h12H,2-11H2,1H3. The molecule has 0 amide bonds. The molecule has 1 saturated heterocycles. The van der Waals surface area contributed by atoms with E-state index in [0.29, 0.717) is 5.88 Å². The molecule has 1 fully saturated rings. The Morgan fingerprint density at radius 1 is 1.21 bits per heavy atom. The van der Waals surface area contributed by atoms with Gasteiger partial charge in [-0.3, -0.25) is 0 Å². The van der Waals surface area contributed by atoms with Crippen molar-refractivity contribution in [2.75, 3.05) is 39.3 Å². The Labute approximate surface area is 125 Å². The summed E-state index contributed by atoms with van der Waals surface area (Å²) in [6.07, 6.45) is 3.58. The van der Waals surface area contributed by atoms with Crippen LogP contribution in [0.1, 0.15) is 30.5 Å². The van der Waals surface area contributed by atoms with Gasteiger partial charge in [-0.1, -0.05) is 6.92 Å². The first-order valence-electron chi connectivity index (χ1n) is 7.25. The maximum Gasteiger partial charge on any atom is 0.0929 e. The zero-order valence-electron chi connectivity index (χ0n) is 11.8. The molecule has 3 nitrogen and oxygen atoms in total. The number of nitrogens with zero attached hydrogens (tertiary/aromatic N) is 3. The molecule has 0 spiro atoms. The fourth-order valence-corrected chi connectivity index (χ4v) is 3.60. The van der Waals surface area contributed by atoms with Gasteiger partial charge in [-0.15, -0.1) is 22.9 Å². The van der Waals surface area contributed by atoms with Gasteiger partial charge in [0.05, 0.1) is 16.6 Å². The van der Waals surface area contributed by atoms with Gasteiger partial charge >= 0.3 is 0 Å². The van der Waals surface area contributed by atoms with Crippen molar-refractivity contribution in [3.63, 3.8) is 0 Å². The Hall–Kier alpha value is -0.160. The molecule has 0 unspecified atom stereocenters. The number of halogens is 1. The van der Waals surface area contributed by atoms with Gasteiger partial charge in [-0.25, -0.2) is 4.98 Å². The molecule has 0 aromatic carbocycles. The lowest BCUT2D eigenvalue weighted by molar-refractivity contribution is 0.131. The molecule has 5 heteroatoms. The third kappa shape index (κ3) is 5.03. The van der Waals surface area contributed by atoms with Crippen molar-refractivity contribution < 1.29 is 0 Å². The van der Waals surface area contributed by atoms with E-state index in [2.05, 4.69) is 27.1 Å². The van der Waals surface area contributed by atoms with Gasteiger partial charge in [0.1, 0.15) is 0 Å². The van der Waals surface area contributed by atoms with Crippen molar-refractivity contribution in [1.29, 1.82) is 0 Å². The zero-order valence-corrected chi connectivity index (χ0v) is 13.3. The average Bonchev–Trinajstić information content (AvgIpc) is 2.89. The Kier molecular flexibility index (Phi) is 6.57. The second-order valence-electron chi connectivity index (χ2n) is 5.15. The fraction of sp³-hybridized carbons (Fsp3) is 0.786. The summed E-state index contributed by atoms with van der Waals surface area (Å²) in [5.74, 6) is 0.538. The first-order valence-corrected chi connectivity index (χ1v) is 8.67. The van der Waals surface area contributed by atoms with Crippen LogP contribution in [0.25, 0.3) is 0 Å². The maximum absolute atomic E-state index is 5.77. The molecule has 0 radical (unpaired) electrons. The highest BCUT2D eigenvalue weighted by Crippen LogP contribution is 2.14. The number of hydrogen-bond acceptors (Lipinski definition) is 4. The average molecular weight is 302 g/mol. The first-order chi connectivity index (χ1) is 9.31. The Bertz CT molecular complexity index is 361. The zero-order chi connectivity index (χ0) is 13.5. The van der Waals surface area contributed by atoms with Crippen LogP contribution in [0, 0.1) is 0 Å². The van der Waals surface area contributed by atoms with E-state index in [1.54, 1.807) is 11.3 Å². The predicted molar refractivity (Wildman–Crippen MR) is 83.2 cm³/mol. The fourth-order valence-electron chi connectivity index (χ4n) is 2.53. The summed E-state index contributed by atoms with van der Waals surface area (Å²) in [5.41, 5.74) is 1.02. The molecule has 108 valence electrons. The first kappa shape index (κ1) is 15.2. The lowest BCUT2D eigenvalue weighted by atomic mass is 10.2. The Balaban J connectivity index is 1.61.